The van der Waals surface area contributed by atoms with Crippen molar-refractivity contribution < 1.29 is 14.3 Å². The fraction of sp³-hybridized carbons (Fsp3) is 0.923. The second-order valence-corrected chi connectivity index (χ2v) is 6.07. The SMILES string of the molecule is CCOC(=O)CC1(N2CCOCC2)CCCSC1. The summed E-state index contributed by atoms with van der Waals surface area (Å²) in [7, 11) is 0. The normalized spacial score (nSPS) is 30.1. The highest BCUT2D eigenvalue weighted by Crippen LogP contribution is 2.35. The number of nitrogens with zero attached hydrogens (tertiary/aromatic N) is 1. The van der Waals surface area contributed by atoms with E-state index in [4.69, 9.17) is 9.47 Å². The van der Waals surface area contributed by atoms with Crippen LogP contribution in [0.3, 0.4) is 0 Å². The highest BCUT2D eigenvalue weighted by Gasteiger charge is 2.41. The smallest absolute Gasteiger partial charge is 0.307 e. The lowest BCUT2D eigenvalue weighted by molar-refractivity contribution is -0.147. The van der Waals surface area contributed by atoms with Gasteiger partial charge in [-0.1, -0.05) is 0 Å². The van der Waals surface area contributed by atoms with Gasteiger partial charge in [0, 0.05) is 24.4 Å². The van der Waals surface area contributed by atoms with E-state index in [0.717, 1.165) is 38.5 Å². The number of hydrogen-bond donors (Lipinski definition) is 0. The summed E-state index contributed by atoms with van der Waals surface area (Å²) < 4.78 is 10.6. The minimum absolute atomic E-state index is 0.0128. The molecule has 4 nitrogen and oxygen atoms in total. The molecule has 2 aliphatic rings. The number of rotatable bonds is 4. The van der Waals surface area contributed by atoms with Crippen LogP contribution in [0, 0.1) is 0 Å². The Bertz CT molecular complexity index is 273. The minimum Gasteiger partial charge on any atom is -0.466 e. The fourth-order valence-corrected chi connectivity index (χ4v) is 4.16. The molecule has 18 heavy (non-hydrogen) atoms. The maximum Gasteiger partial charge on any atom is 0.307 e. The Morgan fingerprint density at radius 2 is 2.22 bits per heavy atom. The molecule has 0 N–H and O–H groups in total. The molecule has 1 atom stereocenters. The predicted molar refractivity (Wildman–Crippen MR) is 72.9 cm³/mol. The van der Waals surface area contributed by atoms with Gasteiger partial charge in [-0.25, -0.2) is 0 Å². The monoisotopic (exact) mass is 273 g/mol. The molecule has 2 fully saturated rings. The quantitative estimate of drug-likeness (QED) is 0.727. The standard InChI is InChI=1S/C13H23NO3S/c1-2-17-12(15)10-13(4-3-9-18-11-13)14-5-7-16-8-6-14/h2-11H2,1H3. The summed E-state index contributed by atoms with van der Waals surface area (Å²) in [5.74, 6) is 2.22. The van der Waals surface area contributed by atoms with Crippen LogP contribution in [0.1, 0.15) is 26.2 Å². The first kappa shape index (κ1) is 14.2. The first-order valence-corrected chi connectivity index (χ1v) is 7.98. The van der Waals surface area contributed by atoms with E-state index in [-0.39, 0.29) is 11.5 Å². The van der Waals surface area contributed by atoms with Gasteiger partial charge in [-0.05, 0) is 25.5 Å². The van der Waals surface area contributed by atoms with Crippen LogP contribution >= 0.6 is 11.8 Å². The Hall–Kier alpha value is -0.260. The van der Waals surface area contributed by atoms with Gasteiger partial charge in [0.25, 0.3) is 0 Å². The third-order valence-corrected chi connectivity index (χ3v) is 5.08. The van der Waals surface area contributed by atoms with E-state index in [1.165, 1.54) is 12.2 Å². The maximum absolute atomic E-state index is 11.9. The van der Waals surface area contributed by atoms with Crippen LogP contribution in [0.25, 0.3) is 0 Å². The number of esters is 1. The molecule has 1 unspecified atom stereocenters. The molecular formula is C13H23NO3S. The van der Waals surface area contributed by atoms with Crippen molar-refractivity contribution in [3.8, 4) is 0 Å². The zero-order valence-corrected chi connectivity index (χ0v) is 12.0. The van der Waals surface area contributed by atoms with Gasteiger partial charge in [-0.15, -0.1) is 0 Å². The molecule has 5 heteroatoms. The van der Waals surface area contributed by atoms with E-state index < -0.39 is 0 Å². The average molecular weight is 273 g/mol. The minimum atomic E-state index is -0.0495. The summed E-state index contributed by atoms with van der Waals surface area (Å²) in [6.07, 6.45) is 2.84. The van der Waals surface area contributed by atoms with Crippen LogP contribution < -0.4 is 0 Å². The van der Waals surface area contributed by atoms with Crippen molar-refractivity contribution in [3.63, 3.8) is 0 Å². The van der Waals surface area contributed by atoms with Crippen molar-refractivity contribution in [1.29, 1.82) is 0 Å². The van der Waals surface area contributed by atoms with Gasteiger partial charge in [-0.2, -0.15) is 11.8 Å². The van der Waals surface area contributed by atoms with Crippen LogP contribution in [0.15, 0.2) is 0 Å². The average Bonchev–Trinajstić information content (AvgIpc) is 2.41. The topological polar surface area (TPSA) is 38.8 Å². The van der Waals surface area contributed by atoms with E-state index in [2.05, 4.69) is 4.90 Å². The summed E-state index contributed by atoms with van der Waals surface area (Å²) in [6, 6.07) is 0. The molecule has 0 bridgehead atoms. The largest absolute Gasteiger partial charge is 0.466 e. The Balaban J connectivity index is 2.03. The van der Waals surface area contributed by atoms with Crippen molar-refractivity contribution in [2.45, 2.75) is 31.7 Å². The van der Waals surface area contributed by atoms with Crippen LogP contribution in [0.4, 0.5) is 0 Å². The third-order valence-electron chi connectivity index (χ3n) is 3.76. The molecule has 2 heterocycles. The highest BCUT2D eigenvalue weighted by molar-refractivity contribution is 7.99. The van der Waals surface area contributed by atoms with Crippen molar-refractivity contribution in [2.75, 3.05) is 44.4 Å². The van der Waals surface area contributed by atoms with Gasteiger partial charge < -0.3 is 9.47 Å². The van der Waals surface area contributed by atoms with Gasteiger partial charge in [0.2, 0.25) is 0 Å². The van der Waals surface area contributed by atoms with E-state index in [9.17, 15) is 4.79 Å². The van der Waals surface area contributed by atoms with E-state index in [1.54, 1.807) is 0 Å². The fourth-order valence-electron chi connectivity index (χ4n) is 2.86. The predicted octanol–water partition coefficient (Wildman–Crippen LogP) is 1.54. The van der Waals surface area contributed by atoms with E-state index in [0.29, 0.717) is 13.0 Å². The van der Waals surface area contributed by atoms with Crippen molar-refractivity contribution >= 4 is 17.7 Å². The van der Waals surface area contributed by atoms with E-state index in [1.807, 2.05) is 18.7 Å². The number of carbonyl (C=O) groups excluding carboxylic acids is 1. The van der Waals surface area contributed by atoms with Crippen molar-refractivity contribution in [3.05, 3.63) is 0 Å². The lowest BCUT2D eigenvalue weighted by atomic mass is 9.89. The molecule has 2 aliphatic heterocycles. The van der Waals surface area contributed by atoms with Gasteiger partial charge in [0.05, 0.1) is 26.2 Å². The summed E-state index contributed by atoms with van der Waals surface area (Å²) in [4.78, 5) is 14.3. The zero-order chi connectivity index (χ0) is 12.8. The molecule has 0 aromatic carbocycles. The van der Waals surface area contributed by atoms with Crippen molar-refractivity contribution in [1.82, 2.24) is 4.90 Å². The number of morpholine rings is 1. The lowest BCUT2D eigenvalue weighted by Gasteiger charge is -2.47. The highest BCUT2D eigenvalue weighted by atomic mass is 32.2. The maximum atomic E-state index is 11.9. The second kappa shape index (κ2) is 6.78. The Morgan fingerprint density at radius 1 is 1.44 bits per heavy atom. The molecule has 0 spiro atoms. The van der Waals surface area contributed by atoms with E-state index >= 15 is 0 Å². The Kier molecular flexibility index (Phi) is 5.33. The van der Waals surface area contributed by atoms with Crippen LogP contribution in [0.5, 0.6) is 0 Å². The molecule has 0 aromatic rings. The molecule has 2 rings (SSSR count). The molecule has 0 aromatic heterocycles. The van der Waals surface area contributed by atoms with Gasteiger partial charge in [0.1, 0.15) is 0 Å². The molecular weight excluding hydrogens is 250 g/mol. The van der Waals surface area contributed by atoms with Crippen LogP contribution in [0.2, 0.25) is 0 Å². The number of ether oxygens (including phenoxy) is 2. The number of thioether (sulfide) groups is 1. The van der Waals surface area contributed by atoms with Crippen LogP contribution in [-0.4, -0.2) is 60.8 Å². The molecule has 2 saturated heterocycles. The molecule has 0 amide bonds. The summed E-state index contributed by atoms with van der Waals surface area (Å²) in [5, 5.41) is 0. The molecule has 0 aliphatic carbocycles. The lowest BCUT2D eigenvalue weighted by Crippen LogP contribution is -2.57. The Morgan fingerprint density at radius 3 is 2.83 bits per heavy atom. The number of hydrogen-bond acceptors (Lipinski definition) is 5. The molecule has 0 saturated carbocycles. The first-order valence-electron chi connectivity index (χ1n) is 6.83. The molecule has 104 valence electrons. The second-order valence-electron chi connectivity index (χ2n) is 4.96. The third kappa shape index (κ3) is 3.39. The van der Waals surface area contributed by atoms with Crippen LogP contribution in [-0.2, 0) is 14.3 Å². The van der Waals surface area contributed by atoms with Crippen molar-refractivity contribution in [2.24, 2.45) is 0 Å². The zero-order valence-electron chi connectivity index (χ0n) is 11.2. The summed E-state index contributed by atoms with van der Waals surface area (Å²) in [6.45, 7) is 5.81. The summed E-state index contributed by atoms with van der Waals surface area (Å²) >= 11 is 1.97. The molecule has 0 radical (unpaired) electrons. The first-order chi connectivity index (χ1) is 8.77. The van der Waals surface area contributed by atoms with Gasteiger partial charge >= 0.3 is 5.97 Å². The Labute approximate surface area is 113 Å². The van der Waals surface area contributed by atoms with Gasteiger partial charge in [0.15, 0.2) is 0 Å². The number of carbonyl (C=O) groups is 1. The summed E-state index contributed by atoms with van der Waals surface area (Å²) in [5.41, 5.74) is 0.0128. The van der Waals surface area contributed by atoms with Gasteiger partial charge in [-0.3, -0.25) is 9.69 Å².